The molecule has 0 bridgehead atoms. The Morgan fingerprint density at radius 1 is 1.19 bits per heavy atom. The first-order valence-corrected chi connectivity index (χ1v) is 8.97. The predicted octanol–water partition coefficient (Wildman–Crippen LogP) is 4.26. The van der Waals surface area contributed by atoms with Crippen LogP contribution >= 0.6 is 0 Å². The van der Waals surface area contributed by atoms with Crippen molar-refractivity contribution in [3.05, 3.63) is 53.3 Å². The molecule has 0 aliphatic carbocycles. The van der Waals surface area contributed by atoms with E-state index in [0.717, 1.165) is 36.5 Å². The highest BCUT2D eigenvalue weighted by Crippen LogP contribution is 2.35. The van der Waals surface area contributed by atoms with Gasteiger partial charge in [-0.1, -0.05) is 18.2 Å². The number of rotatable bonds is 2. The number of aryl methyl sites for hydroxylation is 1. The molecule has 2 aromatic carbocycles. The van der Waals surface area contributed by atoms with E-state index < -0.39 is 5.82 Å². The van der Waals surface area contributed by atoms with Gasteiger partial charge in [0.05, 0.1) is 11.2 Å². The molecular formula is C21H22FN3O. The molecule has 3 aromatic rings. The number of fused-ring (bicyclic) bond motifs is 1. The Labute approximate surface area is 152 Å². The van der Waals surface area contributed by atoms with Gasteiger partial charge >= 0.3 is 0 Å². The molecule has 0 saturated carbocycles. The standard InChI is InChI=1S/C21H22FN3O/c1-13-9-16(22)11-19(26)20(13)18-10-14-5-3-7-17(21(14)24-23-18)15-6-4-8-25(2)12-15/h3,5,7,9-11,15,26H,4,6,8,12H2,1-2H3. The second-order valence-electron chi connectivity index (χ2n) is 7.23. The van der Waals surface area contributed by atoms with Gasteiger partial charge in [-0.2, -0.15) is 0 Å². The van der Waals surface area contributed by atoms with Gasteiger partial charge in [-0.15, -0.1) is 10.2 Å². The molecule has 2 heterocycles. The normalized spacial score (nSPS) is 18.3. The van der Waals surface area contributed by atoms with Gasteiger partial charge in [-0.05, 0) is 62.5 Å². The van der Waals surface area contributed by atoms with Crippen LogP contribution < -0.4 is 0 Å². The summed E-state index contributed by atoms with van der Waals surface area (Å²) in [6.07, 6.45) is 2.34. The lowest BCUT2D eigenvalue weighted by Gasteiger charge is -2.30. The van der Waals surface area contributed by atoms with E-state index in [9.17, 15) is 9.50 Å². The average molecular weight is 351 g/mol. The molecule has 1 aromatic heterocycles. The molecule has 4 nitrogen and oxygen atoms in total. The molecule has 1 N–H and O–H groups in total. The molecule has 0 amide bonds. The van der Waals surface area contributed by atoms with Crippen molar-refractivity contribution in [3.8, 4) is 17.0 Å². The number of aromatic nitrogens is 2. The smallest absolute Gasteiger partial charge is 0.128 e. The second kappa shape index (κ2) is 6.65. The molecule has 4 rings (SSSR count). The van der Waals surface area contributed by atoms with Crippen LogP contribution in [-0.4, -0.2) is 40.3 Å². The fourth-order valence-corrected chi connectivity index (χ4v) is 4.02. The highest BCUT2D eigenvalue weighted by Gasteiger charge is 2.22. The van der Waals surface area contributed by atoms with E-state index in [0.29, 0.717) is 22.7 Å². The van der Waals surface area contributed by atoms with Crippen LogP contribution in [0.15, 0.2) is 36.4 Å². The summed E-state index contributed by atoms with van der Waals surface area (Å²) < 4.78 is 13.5. The third-order valence-corrected chi connectivity index (χ3v) is 5.25. The van der Waals surface area contributed by atoms with E-state index in [2.05, 4.69) is 34.3 Å². The fraction of sp³-hybridized carbons (Fsp3) is 0.333. The predicted molar refractivity (Wildman–Crippen MR) is 101 cm³/mol. The maximum atomic E-state index is 13.5. The Bertz CT molecular complexity index is 950. The van der Waals surface area contributed by atoms with E-state index >= 15 is 0 Å². The van der Waals surface area contributed by atoms with Crippen LogP contribution in [0.4, 0.5) is 4.39 Å². The van der Waals surface area contributed by atoms with Crippen LogP contribution in [0.5, 0.6) is 5.75 Å². The van der Waals surface area contributed by atoms with Gasteiger partial charge in [-0.25, -0.2) is 4.39 Å². The van der Waals surface area contributed by atoms with E-state index in [1.807, 2.05) is 12.1 Å². The van der Waals surface area contributed by atoms with Crippen LogP contribution in [0.3, 0.4) is 0 Å². The minimum Gasteiger partial charge on any atom is -0.507 e. The Morgan fingerprint density at radius 2 is 2.04 bits per heavy atom. The fourth-order valence-electron chi connectivity index (χ4n) is 4.02. The van der Waals surface area contributed by atoms with Crippen molar-refractivity contribution in [3.63, 3.8) is 0 Å². The van der Waals surface area contributed by atoms with Crippen LogP contribution in [0.2, 0.25) is 0 Å². The van der Waals surface area contributed by atoms with Crippen molar-refractivity contribution in [1.29, 1.82) is 0 Å². The highest BCUT2D eigenvalue weighted by molar-refractivity contribution is 5.86. The molecule has 26 heavy (non-hydrogen) atoms. The first-order valence-electron chi connectivity index (χ1n) is 8.97. The number of nitrogens with zero attached hydrogens (tertiary/aromatic N) is 3. The largest absolute Gasteiger partial charge is 0.507 e. The summed E-state index contributed by atoms with van der Waals surface area (Å²) in [6.45, 7) is 3.93. The zero-order valence-corrected chi connectivity index (χ0v) is 15.0. The molecule has 1 atom stereocenters. The molecule has 1 aliphatic rings. The lowest BCUT2D eigenvalue weighted by molar-refractivity contribution is 0.251. The van der Waals surface area contributed by atoms with Gasteiger partial charge < -0.3 is 10.0 Å². The van der Waals surface area contributed by atoms with E-state index in [1.54, 1.807) is 6.92 Å². The van der Waals surface area contributed by atoms with Gasteiger partial charge in [0.1, 0.15) is 11.6 Å². The zero-order chi connectivity index (χ0) is 18.3. The number of benzene rings is 2. The molecule has 1 saturated heterocycles. The van der Waals surface area contributed by atoms with Gasteiger partial charge in [-0.3, -0.25) is 0 Å². The molecule has 1 fully saturated rings. The van der Waals surface area contributed by atoms with E-state index in [-0.39, 0.29) is 5.75 Å². The van der Waals surface area contributed by atoms with Gasteiger partial charge in [0.2, 0.25) is 0 Å². The Hall–Kier alpha value is -2.53. The summed E-state index contributed by atoms with van der Waals surface area (Å²) in [6, 6.07) is 10.6. The number of likely N-dealkylation sites (N-methyl/N-ethyl adjacent to an activating group) is 1. The summed E-state index contributed by atoms with van der Waals surface area (Å²) in [4.78, 5) is 2.36. The minimum absolute atomic E-state index is 0.110. The lowest BCUT2D eigenvalue weighted by Crippen LogP contribution is -2.30. The highest BCUT2D eigenvalue weighted by atomic mass is 19.1. The summed E-state index contributed by atoms with van der Waals surface area (Å²) in [5.74, 6) is -0.110. The Morgan fingerprint density at radius 3 is 2.81 bits per heavy atom. The number of aromatic hydroxyl groups is 1. The summed E-state index contributed by atoms with van der Waals surface area (Å²) >= 11 is 0. The van der Waals surface area contributed by atoms with Gasteiger partial charge in [0.15, 0.2) is 0 Å². The number of likely N-dealkylation sites (tertiary alicyclic amines) is 1. The monoisotopic (exact) mass is 351 g/mol. The topological polar surface area (TPSA) is 49.2 Å². The molecule has 5 heteroatoms. The lowest BCUT2D eigenvalue weighted by atomic mass is 9.89. The number of phenolic OH excluding ortho intramolecular Hbond substituents is 1. The number of halogens is 1. The third-order valence-electron chi connectivity index (χ3n) is 5.25. The summed E-state index contributed by atoms with van der Waals surface area (Å²) in [5.41, 5.74) is 3.87. The van der Waals surface area contributed by atoms with Crippen molar-refractivity contribution < 1.29 is 9.50 Å². The third kappa shape index (κ3) is 3.03. The second-order valence-corrected chi connectivity index (χ2v) is 7.23. The zero-order valence-electron chi connectivity index (χ0n) is 15.0. The maximum absolute atomic E-state index is 13.5. The Kier molecular flexibility index (Phi) is 4.32. The maximum Gasteiger partial charge on any atom is 0.128 e. The molecule has 0 spiro atoms. The quantitative estimate of drug-likeness (QED) is 0.749. The van der Waals surface area contributed by atoms with Crippen molar-refractivity contribution in [2.75, 3.05) is 20.1 Å². The van der Waals surface area contributed by atoms with Crippen molar-refractivity contribution in [1.82, 2.24) is 15.1 Å². The summed E-state index contributed by atoms with van der Waals surface area (Å²) in [5, 5.41) is 20.0. The van der Waals surface area contributed by atoms with Gasteiger partial charge in [0, 0.05) is 23.6 Å². The number of piperidine rings is 1. The molecule has 0 radical (unpaired) electrons. The van der Waals surface area contributed by atoms with Crippen LogP contribution in [0.25, 0.3) is 22.2 Å². The average Bonchev–Trinajstić information content (AvgIpc) is 2.60. The van der Waals surface area contributed by atoms with E-state index in [4.69, 9.17) is 0 Å². The van der Waals surface area contributed by atoms with Crippen molar-refractivity contribution in [2.45, 2.75) is 25.7 Å². The van der Waals surface area contributed by atoms with Crippen molar-refractivity contribution in [2.24, 2.45) is 0 Å². The first-order chi connectivity index (χ1) is 12.5. The molecule has 1 unspecified atom stereocenters. The number of hydrogen-bond acceptors (Lipinski definition) is 4. The van der Waals surface area contributed by atoms with Crippen LogP contribution in [0.1, 0.15) is 29.9 Å². The molecule has 1 aliphatic heterocycles. The van der Waals surface area contributed by atoms with Crippen LogP contribution in [0, 0.1) is 12.7 Å². The Balaban J connectivity index is 1.80. The SMILES string of the molecule is Cc1cc(F)cc(O)c1-c1cc2cccc(C3CCCN(C)C3)c2nn1. The van der Waals surface area contributed by atoms with Gasteiger partial charge in [0.25, 0.3) is 0 Å². The molecule has 134 valence electrons. The van der Waals surface area contributed by atoms with Crippen LogP contribution in [-0.2, 0) is 0 Å². The minimum atomic E-state index is -0.457. The first kappa shape index (κ1) is 16.9. The number of hydrogen-bond donors (Lipinski definition) is 1. The number of phenols is 1. The molecular weight excluding hydrogens is 329 g/mol. The van der Waals surface area contributed by atoms with Crippen molar-refractivity contribution >= 4 is 10.9 Å². The van der Waals surface area contributed by atoms with E-state index in [1.165, 1.54) is 18.1 Å². The summed E-state index contributed by atoms with van der Waals surface area (Å²) in [7, 11) is 2.15.